The summed E-state index contributed by atoms with van der Waals surface area (Å²) in [6, 6.07) is 5.66. The van der Waals surface area contributed by atoms with Gasteiger partial charge < -0.3 is 9.47 Å². The first-order chi connectivity index (χ1) is 9.15. The van der Waals surface area contributed by atoms with E-state index in [1.165, 1.54) is 31.5 Å². The molecular formula is C14H13F2NO2. The molecule has 0 saturated heterocycles. The molecular weight excluding hydrogens is 252 g/mol. The Morgan fingerprint density at radius 2 is 1.95 bits per heavy atom. The van der Waals surface area contributed by atoms with E-state index in [0.29, 0.717) is 17.7 Å². The zero-order valence-corrected chi connectivity index (χ0v) is 10.6. The van der Waals surface area contributed by atoms with Crippen LogP contribution in [0.5, 0.6) is 17.2 Å². The van der Waals surface area contributed by atoms with Gasteiger partial charge >= 0.3 is 0 Å². The number of rotatable bonds is 4. The molecule has 0 aliphatic heterocycles. The highest BCUT2D eigenvalue weighted by Crippen LogP contribution is 2.34. The molecule has 0 aliphatic carbocycles. The molecule has 1 heterocycles. The first-order valence-corrected chi connectivity index (χ1v) is 5.80. The number of aromatic nitrogens is 1. The van der Waals surface area contributed by atoms with Crippen molar-refractivity contribution in [1.29, 1.82) is 0 Å². The van der Waals surface area contributed by atoms with Gasteiger partial charge in [-0.1, -0.05) is 6.92 Å². The van der Waals surface area contributed by atoms with Crippen molar-refractivity contribution in [2.45, 2.75) is 13.3 Å². The van der Waals surface area contributed by atoms with Gasteiger partial charge in [0.25, 0.3) is 5.95 Å². The Morgan fingerprint density at radius 3 is 2.58 bits per heavy atom. The largest absolute Gasteiger partial charge is 0.493 e. The lowest BCUT2D eigenvalue weighted by Gasteiger charge is -2.12. The van der Waals surface area contributed by atoms with Crippen LogP contribution in [0, 0.1) is 11.8 Å². The first-order valence-electron chi connectivity index (χ1n) is 5.80. The molecule has 3 nitrogen and oxygen atoms in total. The van der Waals surface area contributed by atoms with Crippen LogP contribution in [0.2, 0.25) is 0 Å². The van der Waals surface area contributed by atoms with Crippen LogP contribution in [0.25, 0.3) is 0 Å². The van der Waals surface area contributed by atoms with Gasteiger partial charge in [0.05, 0.1) is 7.11 Å². The number of nitrogens with zero attached hydrogens (tertiary/aromatic N) is 1. The lowest BCUT2D eigenvalue weighted by Crippen LogP contribution is -1.97. The van der Waals surface area contributed by atoms with Crippen LogP contribution in [0.3, 0.4) is 0 Å². The average molecular weight is 265 g/mol. The summed E-state index contributed by atoms with van der Waals surface area (Å²) in [5, 5.41) is 0. The van der Waals surface area contributed by atoms with Gasteiger partial charge in [-0.15, -0.1) is 0 Å². The number of ether oxygens (including phenoxy) is 2. The van der Waals surface area contributed by atoms with E-state index >= 15 is 0 Å². The second kappa shape index (κ2) is 5.65. The molecule has 0 radical (unpaired) electrons. The maximum absolute atomic E-state index is 13.7. The Balaban J connectivity index is 2.40. The second-order valence-electron chi connectivity index (χ2n) is 3.84. The molecule has 1 aromatic carbocycles. The van der Waals surface area contributed by atoms with E-state index in [9.17, 15) is 8.78 Å². The number of hydrogen-bond donors (Lipinski definition) is 0. The number of pyridine rings is 1. The number of hydrogen-bond acceptors (Lipinski definition) is 3. The van der Waals surface area contributed by atoms with Crippen LogP contribution in [-0.4, -0.2) is 12.1 Å². The molecule has 2 aromatic rings. The van der Waals surface area contributed by atoms with Crippen LogP contribution in [-0.2, 0) is 6.42 Å². The Hall–Kier alpha value is -2.17. The van der Waals surface area contributed by atoms with Gasteiger partial charge in [0.15, 0.2) is 17.2 Å². The van der Waals surface area contributed by atoms with Crippen LogP contribution < -0.4 is 9.47 Å². The number of benzene rings is 1. The van der Waals surface area contributed by atoms with E-state index in [4.69, 9.17) is 9.47 Å². The molecule has 19 heavy (non-hydrogen) atoms. The second-order valence-corrected chi connectivity index (χ2v) is 3.84. The average Bonchev–Trinajstić information content (AvgIpc) is 2.42. The zero-order valence-electron chi connectivity index (χ0n) is 10.6. The van der Waals surface area contributed by atoms with Crippen molar-refractivity contribution in [1.82, 2.24) is 4.98 Å². The van der Waals surface area contributed by atoms with Crippen molar-refractivity contribution in [3.05, 3.63) is 47.8 Å². The summed E-state index contributed by atoms with van der Waals surface area (Å²) in [5.74, 6) is -0.790. The van der Waals surface area contributed by atoms with Crippen LogP contribution in [0.1, 0.15) is 12.5 Å². The summed E-state index contributed by atoms with van der Waals surface area (Å²) in [4.78, 5) is 3.46. The Morgan fingerprint density at radius 1 is 1.16 bits per heavy atom. The highest BCUT2D eigenvalue weighted by Gasteiger charge is 2.13. The molecule has 0 atom stereocenters. The summed E-state index contributed by atoms with van der Waals surface area (Å²) in [6.45, 7) is 1.83. The molecule has 1 aromatic heterocycles. The Labute approximate surface area is 109 Å². The molecule has 2 rings (SSSR count). The minimum atomic E-state index is -0.760. The zero-order chi connectivity index (χ0) is 13.8. The fourth-order valence-corrected chi connectivity index (χ4v) is 1.65. The quantitative estimate of drug-likeness (QED) is 0.789. The van der Waals surface area contributed by atoms with E-state index < -0.39 is 11.8 Å². The standard InChI is InChI=1S/C14H13F2NO2/c1-3-9-7-12(18-2)13(8-10(9)15)19-11-5-4-6-17-14(11)16/h4-8H,3H2,1-2H3. The first kappa shape index (κ1) is 13.3. The molecule has 0 N–H and O–H groups in total. The number of halogens is 2. The molecule has 100 valence electrons. The predicted molar refractivity (Wildman–Crippen MR) is 66.6 cm³/mol. The normalized spacial score (nSPS) is 10.3. The lowest BCUT2D eigenvalue weighted by atomic mass is 10.1. The molecule has 0 bridgehead atoms. The maximum Gasteiger partial charge on any atom is 0.255 e. The van der Waals surface area contributed by atoms with Crippen molar-refractivity contribution in [3.8, 4) is 17.2 Å². The highest BCUT2D eigenvalue weighted by molar-refractivity contribution is 5.46. The minimum absolute atomic E-state index is 0.0792. The van der Waals surface area contributed by atoms with E-state index in [-0.39, 0.29) is 11.5 Å². The van der Waals surface area contributed by atoms with Gasteiger partial charge in [-0.25, -0.2) is 9.37 Å². The molecule has 0 amide bonds. The van der Waals surface area contributed by atoms with Crippen molar-refractivity contribution < 1.29 is 18.3 Å². The van der Waals surface area contributed by atoms with Gasteiger partial charge in [-0.2, -0.15) is 4.39 Å². The van der Waals surface area contributed by atoms with Crippen molar-refractivity contribution in [2.24, 2.45) is 0 Å². The van der Waals surface area contributed by atoms with Crippen LogP contribution in [0.4, 0.5) is 8.78 Å². The fraction of sp³-hybridized carbons (Fsp3) is 0.214. The van der Waals surface area contributed by atoms with Gasteiger partial charge in [0, 0.05) is 12.3 Å². The van der Waals surface area contributed by atoms with Gasteiger partial charge in [-0.05, 0) is 30.2 Å². The van der Waals surface area contributed by atoms with E-state index in [0.717, 1.165) is 0 Å². The Bertz CT molecular complexity index is 588. The van der Waals surface area contributed by atoms with Crippen molar-refractivity contribution in [2.75, 3.05) is 7.11 Å². The molecule has 0 saturated carbocycles. The fourth-order valence-electron chi connectivity index (χ4n) is 1.65. The van der Waals surface area contributed by atoms with E-state index in [1.54, 1.807) is 6.07 Å². The maximum atomic E-state index is 13.7. The topological polar surface area (TPSA) is 31.4 Å². The highest BCUT2D eigenvalue weighted by atomic mass is 19.1. The minimum Gasteiger partial charge on any atom is -0.493 e. The summed E-state index contributed by atoms with van der Waals surface area (Å²) >= 11 is 0. The molecule has 0 spiro atoms. The van der Waals surface area contributed by atoms with Crippen molar-refractivity contribution in [3.63, 3.8) is 0 Å². The number of aryl methyl sites for hydroxylation is 1. The van der Waals surface area contributed by atoms with Gasteiger partial charge in [-0.3, -0.25) is 0 Å². The monoisotopic (exact) mass is 265 g/mol. The molecule has 0 unspecified atom stereocenters. The summed E-state index contributed by atoms with van der Waals surface area (Å²) in [7, 11) is 1.44. The van der Waals surface area contributed by atoms with Gasteiger partial charge in [0.1, 0.15) is 5.82 Å². The molecule has 0 fully saturated rings. The predicted octanol–water partition coefficient (Wildman–Crippen LogP) is 3.72. The van der Waals surface area contributed by atoms with Crippen LogP contribution in [0.15, 0.2) is 30.5 Å². The summed E-state index contributed by atoms with van der Waals surface area (Å²) in [6.07, 6.45) is 1.84. The van der Waals surface area contributed by atoms with E-state index in [1.807, 2.05) is 6.92 Å². The molecule has 0 aliphatic rings. The number of methoxy groups -OCH3 is 1. The third-order valence-electron chi connectivity index (χ3n) is 2.66. The third kappa shape index (κ3) is 2.81. The molecule has 5 heteroatoms. The van der Waals surface area contributed by atoms with Crippen molar-refractivity contribution >= 4 is 0 Å². The smallest absolute Gasteiger partial charge is 0.255 e. The van der Waals surface area contributed by atoms with E-state index in [2.05, 4.69) is 4.98 Å². The summed E-state index contributed by atoms with van der Waals surface area (Å²) in [5.41, 5.74) is 0.510. The van der Waals surface area contributed by atoms with Gasteiger partial charge in [0.2, 0.25) is 0 Å². The Kier molecular flexibility index (Phi) is 3.94. The van der Waals surface area contributed by atoms with Crippen LogP contribution >= 0.6 is 0 Å². The third-order valence-corrected chi connectivity index (χ3v) is 2.66. The SMILES string of the molecule is CCc1cc(OC)c(Oc2cccnc2F)cc1F. The summed E-state index contributed by atoms with van der Waals surface area (Å²) < 4.78 is 37.5. The lowest BCUT2D eigenvalue weighted by molar-refractivity contribution is 0.364.